The van der Waals surface area contributed by atoms with Crippen molar-refractivity contribution in [2.75, 3.05) is 10.8 Å². The Balaban J connectivity index is 2.10. The molecule has 0 unspecified atom stereocenters. The van der Waals surface area contributed by atoms with Gasteiger partial charge in [0.1, 0.15) is 12.6 Å². The van der Waals surface area contributed by atoms with Gasteiger partial charge in [-0.15, -0.1) is 0 Å². The molecule has 9 heteroatoms. The first kappa shape index (κ1) is 31.2. The third kappa shape index (κ3) is 7.43. The van der Waals surface area contributed by atoms with E-state index in [2.05, 4.69) is 5.32 Å². The molecule has 0 fully saturated rings. The van der Waals surface area contributed by atoms with Crippen molar-refractivity contribution in [2.24, 2.45) is 0 Å². The molecule has 0 aromatic heterocycles. The molecular formula is C31H38ClN3O4S. The molecule has 1 N–H and O–H groups in total. The molecule has 0 heterocycles. The largest absolute Gasteiger partial charge is 0.352 e. The number of halogens is 1. The van der Waals surface area contributed by atoms with Gasteiger partial charge in [0, 0.05) is 17.6 Å². The topological polar surface area (TPSA) is 86.8 Å². The summed E-state index contributed by atoms with van der Waals surface area (Å²) < 4.78 is 29.0. The quantitative estimate of drug-likeness (QED) is 0.289. The molecule has 214 valence electrons. The molecular weight excluding hydrogens is 546 g/mol. The molecule has 0 aliphatic rings. The van der Waals surface area contributed by atoms with Crippen LogP contribution in [0.15, 0.2) is 77.7 Å². The summed E-state index contributed by atoms with van der Waals surface area (Å²) in [6.45, 7) is 9.10. The van der Waals surface area contributed by atoms with Crippen LogP contribution in [0.4, 0.5) is 5.69 Å². The number of nitrogens with zero attached hydrogens (tertiary/aromatic N) is 2. The van der Waals surface area contributed by atoms with E-state index in [0.717, 1.165) is 21.9 Å². The number of aryl methyl sites for hydroxylation is 2. The molecule has 3 aromatic carbocycles. The zero-order valence-electron chi connectivity index (χ0n) is 23.7. The van der Waals surface area contributed by atoms with Crippen LogP contribution in [-0.2, 0) is 26.2 Å². The summed E-state index contributed by atoms with van der Waals surface area (Å²) in [7, 11) is -4.15. The molecule has 0 saturated carbocycles. The van der Waals surface area contributed by atoms with Gasteiger partial charge in [-0.3, -0.25) is 13.9 Å². The molecule has 40 heavy (non-hydrogen) atoms. The average molecular weight is 584 g/mol. The zero-order chi connectivity index (χ0) is 29.4. The van der Waals surface area contributed by atoms with E-state index >= 15 is 0 Å². The highest BCUT2D eigenvalue weighted by atomic mass is 35.5. The van der Waals surface area contributed by atoms with E-state index in [1.807, 2.05) is 52.0 Å². The molecule has 2 atom stereocenters. The summed E-state index contributed by atoms with van der Waals surface area (Å²) in [5, 5.41) is 3.34. The number of hydrogen-bond donors (Lipinski definition) is 1. The van der Waals surface area contributed by atoms with Crippen LogP contribution in [0, 0.1) is 13.8 Å². The first-order chi connectivity index (χ1) is 19.0. The smallest absolute Gasteiger partial charge is 0.264 e. The summed E-state index contributed by atoms with van der Waals surface area (Å²) in [6.07, 6.45) is 1.10. The Morgan fingerprint density at radius 2 is 1.55 bits per heavy atom. The SMILES string of the molecule is CC[C@@H](C)NC(=O)[C@@H](CC)N(Cc1ccccc1C)C(=O)CN(c1cc(Cl)ccc1C)S(=O)(=O)c1ccccc1. The third-order valence-corrected chi connectivity index (χ3v) is 9.05. The van der Waals surface area contributed by atoms with Crippen LogP contribution >= 0.6 is 11.6 Å². The molecule has 0 bridgehead atoms. The molecule has 0 radical (unpaired) electrons. The fraction of sp³-hybridized carbons (Fsp3) is 0.355. The lowest BCUT2D eigenvalue weighted by molar-refractivity contribution is -0.140. The summed E-state index contributed by atoms with van der Waals surface area (Å²) in [6, 6.07) is 19.7. The summed E-state index contributed by atoms with van der Waals surface area (Å²) in [5.74, 6) is -0.761. The molecule has 3 rings (SSSR count). The lowest BCUT2D eigenvalue weighted by Gasteiger charge is -2.34. The highest BCUT2D eigenvalue weighted by molar-refractivity contribution is 7.92. The van der Waals surface area contributed by atoms with Crippen LogP contribution in [0.5, 0.6) is 0 Å². The summed E-state index contributed by atoms with van der Waals surface area (Å²) >= 11 is 6.29. The molecule has 0 spiro atoms. The third-order valence-electron chi connectivity index (χ3n) is 7.04. The predicted molar refractivity (Wildman–Crippen MR) is 161 cm³/mol. The van der Waals surface area contributed by atoms with Crippen LogP contribution in [0.25, 0.3) is 0 Å². The number of carbonyl (C=O) groups excluding carboxylic acids is 2. The van der Waals surface area contributed by atoms with Gasteiger partial charge in [0.25, 0.3) is 10.0 Å². The number of carbonyl (C=O) groups is 2. The second kappa shape index (κ2) is 13.8. The highest BCUT2D eigenvalue weighted by Gasteiger charge is 2.34. The monoisotopic (exact) mass is 583 g/mol. The van der Waals surface area contributed by atoms with E-state index in [1.54, 1.807) is 43.3 Å². The summed E-state index contributed by atoms with van der Waals surface area (Å²) in [4.78, 5) is 29.1. The minimum Gasteiger partial charge on any atom is -0.352 e. The lowest BCUT2D eigenvalue weighted by Crippen LogP contribution is -2.53. The summed E-state index contributed by atoms with van der Waals surface area (Å²) in [5.41, 5.74) is 2.79. The van der Waals surface area contributed by atoms with E-state index in [4.69, 9.17) is 11.6 Å². The number of anilines is 1. The number of sulfonamides is 1. The van der Waals surface area contributed by atoms with Crippen molar-refractivity contribution in [3.05, 3.63) is 94.5 Å². The van der Waals surface area contributed by atoms with Gasteiger partial charge in [0.05, 0.1) is 10.6 Å². The first-order valence-corrected chi connectivity index (χ1v) is 15.3. The molecule has 7 nitrogen and oxygen atoms in total. The Morgan fingerprint density at radius 1 is 0.900 bits per heavy atom. The maximum atomic E-state index is 14.2. The van der Waals surface area contributed by atoms with Gasteiger partial charge in [-0.2, -0.15) is 0 Å². The van der Waals surface area contributed by atoms with Gasteiger partial charge >= 0.3 is 0 Å². The fourth-order valence-electron chi connectivity index (χ4n) is 4.42. The van der Waals surface area contributed by atoms with Crippen molar-refractivity contribution in [3.8, 4) is 0 Å². The standard InChI is InChI=1S/C31H38ClN3O4S/c1-6-24(5)33-31(37)28(7-2)34(20-25-14-12-11-13-22(25)3)30(36)21-35(29-19-26(32)18-17-23(29)4)40(38,39)27-15-9-8-10-16-27/h8-19,24,28H,6-7,20-21H2,1-5H3,(H,33,37)/t24-,28-/m1/s1. The van der Waals surface area contributed by atoms with Crippen LogP contribution in [-0.4, -0.2) is 43.8 Å². The highest BCUT2D eigenvalue weighted by Crippen LogP contribution is 2.30. The van der Waals surface area contributed by atoms with Crippen LogP contribution in [0.2, 0.25) is 5.02 Å². The van der Waals surface area contributed by atoms with Gasteiger partial charge in [0.15, 0.2) is 0 Å². The number of rotatable bonds is 12. The van der Waals surface area contributed by atoms with Gasteiger partial charge in [-0.1, -0.05) is 74.0 Å². The van der Waals surface area contributed by atoms with Gasteiger partial charge in [-0.25, -0.2) is 8.42 Å². The van der Waals surface area contributed by atoms with Crippen molar-refractivity contribution in [2.45, 2.75) is 71.0 Å². The van der Waals surface area contributed by atoms with Crippen molar-refractivity contribution in [3.63, 3.8) is 0 Å². The number of amides is 2. The minimum absolute atomic E-state index is 0.0502. The Hall–Kier alpha value is -3.36. The second-order valence-electron chi connectivity index (χ2n) is 9.95. The van der Waals surface area contributed by atoms with E-state index in [1.165, 1.54) is 17.0 Å². The Morgan fingerprint density at radius 3 is 2.17 bits per heavy atom. The van der Waals surface area contributed by atoms with E-state index < -0.39 is 28.5 Å². The normalized spacial score (nSPS) is 12.8. The van der Waals surface area contributed by atoms with Crippen molar-refractivity contribution < 1.29 is 18.0 Å². The maximum Gasteiger partial charge on any atom is 0.264 e. The fourth-order valence-corrected chi connectivity index (χ4v) is 6.07. The van der Waals surface area contributed by atoms with Crippen molar-refractivity contribution in [1.82, 2.24) is 10.2 Å². The van der Waals surface area contributed by atoms with Crippen LogP contribution < -0.4 is 9.62 Å². The molecule has 0 aliphatic carbocycles. The van der Waals surface area contributed by atoms with E-state index in [9.17, 15) is 18.0 Å². The van der Waals surface area contributed by atoms with Crippen LogP contribution in [0.1, 0.15) is 50.3 Å². The van der Waals surface area contributed by atoms with E-state index in [0.29, 0.717) is 22.7 Å². The Labute approximate surface area is 243 Å². The zero-order valence-corrected chi connectivity index (χ0v) is 25.3. The Kier molecular flexibility index (Phi) is 10.8. The van der Waals surface area contributed by atoms with Gasteiger partial charge in [-0.05, 0) is 74.6 Å². The lowest BCUT2D eigenvalue weighted by atomic mass is 10.1. The average Bonchev–Trinajstić information content (AvgIpc) is 2.94. The number of hydrogen-bond acceptors (Lipinski definition) is 4. The predicted octanol–water partition coefficient (Wildman–Crippen LogP) is 5.87. The van der Waals surface area contributed by atoms with E-state index in [-0.39, 0.29) is 23.4 Å². The van der Waals surface area contributed by atoms with Crippen molar-refractivity contribution in [1.29, 1.82) is 0 Å². The van der Waals surface area contributed by atoms with Gasteiger partial charge < -0.3 is 10.2 Å². The number of benzene rings is 3. The maximum absolute atomic E-state index is 14.2. The Bertz CT molecular complexity index is 1430. The first-order valence-electron chi connectivity index (χ1n) is 13.5. The molecule has 0 saturated heterocycles. The van der Waals surface area contributed by atoms with Gasteiger partial charge in [0.2, 0.25) is 11.8 Å². The van der Waals surface area contributed by atoms with Crippen molar-refractivity contribution >= 4 is 39.1 Å². The number of nitrogens with one attached hydrogen (secondary N) is 1. The minimum atomic E-state index is -4.15. The second-order valence-corrected chi connectivity index (χ2v) is 12.2. The molecule has 2 amide bonds. The van der Waals surface area contributed by atoms with Crippen LogP contribution in [0.3, 0.4) is 0 Å². The molecule has 0 aliphatic heterocycles. The molecule has 3 aromatic rings.